The average Bonchev–Trinajstić information content (AvgIpc) is 3.59. The maximum atomic E-state index is 13.1. The van der Waals surface area contributed by atoms with Gasteiger partial charge < -0.3 is 9.64 Å². The van der Waals surface area contributed by atoms with Crippen LogP contribution in [0.15, 0.2) is 54.6 Å². The third-order valence-corrected chi connectivity index (χ3v) is 8.25. The normalized spacial score (nSPS) is 28.9. The van der Waals surface area contributed by atoms with Crippen molar-refractivity contribution in [1.29, 1.82) is 0 Å². The van der Waals surface area contributed by atoms with Crippen molar-refractivity contribution < 1.29 is 23.9 Å². The Morgan fingerprint density at radius 2 is 1.63 bits per heavy atom. The summed E-state index contributed by atoms with van der Waals surface area (Å²) in [6.45, 7) is 0.111. The van der Waals surface area contributed by atoms with Gasteiger partial charge in [0.1, 0.15) is 5.75 Å². The topological polar surface area (TPSA) is 84.0 Å². The third kappa shape index (κ3) is 3.48. The van der Waals surface area contributed by atoms with E-state index < -0.39 is 11.9 Å². The molecule has 178 valence electrons. The zero-order valence-electron chi connectivity index (χ0n) is 18.4. The van der Waals surface area contributed by atoms with Crippen LogP contribution in [0.4, 0.5) is 11.4 Å². The molecule has 2 aliphatic carbocycles. The second kappa shape index (κ2) is 8.21. The van der Waals surface area contributed by atoms with E-state index in [9.17, 15) is 19.2 Å². The Kier molecular flexibility index (Phi) is 5.23. The number of fused-ring (bicyclic) bond motifs is 5. The molecule has 0 spiro atoms. The second-order valence-corrected chi connectivity index (χ2v) is 10.2. The summed E-state index contributed by atoms with van der Waals surface area (Å²) >= 11 is 12.3. The Balaban J connectivity index is 1.18. The fraction of sp³-hybridized carbons (Fsp3) is 0.308. The second-order valence-electron chi connectivity index (χ2n) is 9.41. The lowest BCUT2D eigenvalue weighted by Gasteiger charge is -2.19. The molecule has 9 heteroatoms. The van der Waals surface area contributed by atoms with E-state index in [2.05, 4.69) is 0 Å². The Hall–Kier alpha value is -3.16. The molecule has 1 saturated carbocycles. The molecule has 2 bridgehead atoms. The number of nitrogens with zero attached hydrogens (tertiary/aromatic N) is 2. The number of hydrogen-bond donors (Lipinski definition) is 0. The highest BCUT2D eigenvalue weighted by atomic mass is 35.5. The molecule has 0 radical (unpaired) electrons. The first-order valence-electron chi connectivity index (χ1n) is 11.5. The van der Waals surface area contributed by atoms with Gasteiger partial charge in [0.2, 0.25) is 17.7 Å². The van der Waals surface area contributed by atoms with Crippen molar-refractivity contribution in [2.24, 2.45) is 29.6 Å². The number of halogens is 2. The number of carbonyl (C=O) groups excluding carboxylic acids is 4. The smallest absolute Gasteiger partial charge is 0.316 e. The Labute approximate surface area is 211 Å². The van der Waals surface area contributed by atoms with E-state index in [1.165, 1.54) is 15.9 Å². The zero-order valence-corrected chi connectivity index (χ0v) is 19.9. The number of hydrogen-bond acceptors (Lipinski definition) is 5. The number of rotatable bonds is 4. The summed E-state index contributed by atoms with van der Waals surface area (Å²) in [7, 11) is 0. The minimum absolute atomic E-state index is 0.0242. The van der Waals surface area contributed by atoms with Crippen LogP contribution >= 0.6 is 23.2 Å². The minimum Gasteiger partial charge on any atom is -0.426 e. The molecule has 35 heavy (non-hydrogen) atoms. The molecule has 7 nitrogen and oxygen atoms in total. The van der Waals surface area contributed by atoms with Crippen molar-refractivity contribution in [2.45, 2.75) is 12.8 Å². The first-order chi connectivity index (χ1) is 16.8. The molecule has 2 aromatic carbocycles. The molecule has 6 rings (SSSR count). The van der Waals surface area contributed by atoms with Crippen LogP contribution in [0.2, 0.25) is 10.0 Å². The number of carbonyl (C=O) groups is 4. The maximum absolute atomic E-state index is 13.1. The molecule has 3 fully saturated rings. The SMILES string of the molecule is O=C(Oc1cccc(N2C(=O)[C@@H]3[C@H](C2=O)[C@H]2C=C[C@H]3C2)c1)[C@H]1CC(=O)N(c2cccc(Cl)c2Cl)C1. The number of esters is 1. The van der Waals surface area contributed by atoms with Crippen LogP contribution in [0, 0.1) is 29.6 Å². The summed E-state index contributed by atoms with van der Waals surface area (Å²) in [6.07, 6.45) is 4.92. The molecule has 2 heterocycles. The van der Waals surface area contributed by atoms with Crippen LogP contribution < -0.4 is 14.5 Å². The van der Waals surface area contributed by atoms with Crippen LogP contribution in [0.1, 0.15) is 12.8 Å². The number of benzene rings is 2. The lowest BCUT2D eigenvalue weighted by molar-refractivity contribution is -0.139. The van der Waals surface area contributed by atoms with Crippen LogP contribution in [0.3, 0.4) is 0 Å². The van der Waals surface area contributed by atoms with Crippen molar-refractivity contribution in [3.05, 3.63) is 64.7 Å². The lowest BCUT2D eigenvalue weighted by atomic mass is 9.85. The van der Waals surface area contributed by atoms with E-state index in [0.29, 0.717) is 16.4 Å². The average molecular weight is 511 g/mol. The standard InChI is InChI=1S/C26H20Cl2N2O5/c27-18-5-2-6-19(23(18)28)29-12-15(10-20(29)31)26(34)35-17-4-1-3-16(11-17)30-24(32)21-13-7-8-14(9-13)22(21)25(30)33/h1-8,11,13-15,21-22H,9-10,12H2/t13-,14-,15-,21-,22+/m0/s1. The molecule has 0 unspecified atom stereocenters. The van der Waals surface area contributed by atoms with E-state index in [1.54, 1.807) is 36.4 Å². The Morgan fingerprint density at radius 3 is 2.34 bits per heavy atom. The van der Waals surface area contributed by atoms with E-state index >= 15 is 0 Å². The summed E-state index contributed by atoms with van der Waals surface area (Å²) in [5, 5.41) is 0.566. The first-order valence-corrected chi connectivity index (χ1v) is 12.2. The van der Waals surface area contributed by atoms with Crippen molar-refractivity contribution in [3.8, 4) is 5.75 Å². The quantitative estimate of drug-likeness (QED) is 0.265. The molecule has 3 amide bonds. The van der Waals surface area contributed by atoms with E-state index in [4.69, 9.17) is 27.9 Å². The van der Waals surface area contributed by atoms with Gasteiger partial charge in [0.25, 0.3) is 0 Å². The van der Waals surface area contributed by atoms with Crippen molar-refractivity contribution in [1.82, 2.24) is 0 Å². The molecule has 0 aromatic heterocycles. The summed E-state index contributed by atoms with van der Waals surface area (Å²) in [4.78, 5) is 54.3. The maximum Gasteiger partial charge on any atom is 0.316 e. The van der Waals surface area contributed by atoms with E-state index in [0.717, 1.165) is 6.42 Å². The number of ether oxygens (including phenoxy) is 1. The fourth-order valence-corrected chi connectivity index (χ4v) is 6.24. The molecular formula is C26H20Cl2N2O5. The van der Waals surface area contributed by atoms with Gasteiger partial charge in [-0.1, -0.05) is 47.5 Å². The van der Waals surface area contributed by atoms with Crippen molar-refractivity contribution in [3.63, 3.8) is 0 Å². The number of allylic oxidation sites excluding steroid dienone is 2. The molecular weight excluding hydrogens is 491 g/mol. The van der Waals surface area contributed by atoms with Gasteiger partial charge in [0.15, 0.2) is 0 Å². The van der Waals surface area contributed by atoms with Gasteiger partial charge >= 0.3 is 5.97 Å². The molecule has 2 aromatic rings. The van der Waals surface area contributed by atoms with E-state index in [-0.39, 0.29) is 65.1 Å². The number of amides is 3. The van der Waals surface area contributed by atoms with Gasteiger partial charge in [0, 0.05) is 19.0 Å². The minimum atomic E-state index is -0.697. The summed E-state index contributed by atoms with van der Waals surface area (Å²) < 4.78 is 5.57. The zero-order chi connectivity index (χ0) is 24.4. The van der Waals surface area contributed by atoms with Crippen LogP contribution in [0.5, 0.6) is 5.75 Å². The van der Waals surface area contributed by atoms with Gasteiger partial charge in [-0.3, -0.25) is 19.2 Å². The lowest BCUT2D eigenvalue weighted by Crippen LogP contribution is -2.32. The fourth-order valence-electron chi connectivity index (χ4n) is 5.84. The molecule has 4 aliphatic rings. The largest absolute Gasteiger partial charge is 0.426 e. The number of imide groups is 1. The van der Waals surface area contributed by atoms with Gasteiger partial charge in [-0.05, 0) is 42.5 Å². The Bertz CT molecular complexity index is 1290. The van der Waals surface area contributed by atoms with Gasteiger partial charge in [-0.2, -0.15) is 0 Å². The summed E-state index contributed by atoms with van der Waals surface area (Å²) in [5.74, 6) is -2.11. The molecule has 5 atom stereocenters. The summed E-state index contributed by atoms with van der Waals surface area (Å²) in [6, 6.07) is 11.4. The predicted octanol–water partition coefficient (Wildman–Crippen LogP) is 4.26. The van der Waals surface area contributed by atoms with Gasteiger partial charge in [-0.25, -0.2) is 4.90 Å². The first kappa shape index (κ1) is 22.3. The van der Waals surface area contributed by atoms with Gasteiger partial charge in [-0.15, -0.1) is 0 Å². The molecule has 2 aliphatic heterocycles. The monoisotopic (exact) mass is 510 g/mol. The van der Waals surface area contributed by atoms with Gasteiger partial charge in [0.05, 0.1) is 39.2 Å². The van der Waals surface area contributed by atoms with Crippen molar-refractivity contribution in [2.75, 3.05) is 16.3 Å². The van der Waals surface area contributed by atoms with E-state index in [1.807, 2.05) is 12.2 Å². The highest BCUT2D eigenvalue weighted by Crippen LogP contribution is 2.53. The van der Waals surface area contributed by atoms with Crippen LogP contribution in [0.25, 0.3) is 0 Å². The van der Waals surface area contributed by atoms with Crippen LogP contribution in [-0.4, -0.2) is 30.2 Å². The predicted molar refractivity (Wildman–Crippen MR) is 129 cm³/mol. The molecule has 0 N–H and O–H groups in total. The highest BCUT2D eigenvalue weighted by Gasteiger charge is 2.59. The highest BCUT2D eigenvalue weighted by molar-refractivity contribution is 6.44. The van der Waals surface area contributed by atoms with Crippen molar-refractivity contribution >= 4 is 58.3 Å². The Morgan fingerprint density at radius 1 is 0.943 bits per heavy atom. The summed E-state index contributed by atoms with van der Waals surface area (Å²) in [5.41, 5.74) is 0.829. The number of anilines is 2. The van der Waals surface area contributed by atoms with Crippen LogP contribution in [-0.2, 0) is 19.2 Å². The third-order valence-electron chi connectivity index (χ3n) is 7.44. The molecule has 2 saturated heterocycles.